The van der Waals surface area contributed by atoms with E-state index in [0.717, 1.165) is 36.6 Å². The van der Waals surface area contributed by atoms with Gasteiger partial charge < -0.3 is 15.0 Å². The lowest BCUT2D eigenvalue weighted by molar-refractivity contribution is 0.0960. The predicted octanol–water partition coefficient (Wildman–Crippen LogP) is 2.37. The second-order valence-corrected chi connectivity index (χ2v) is 7.34. The van der Waals surface area contributed by atoms with E-state index in [1.807, 2.05) is 6.07 Å². The van der Waals surface area contributed by atoms with Crippen molar-refractivity contribution in [1.29, 1.82) is 5.26 Å². The fourth-order valence-electron chi connectivity index (χ4n) is 3.15. The number of morpholine rings is 1. The maximum atomic E-state index is 12.2. The van der Waals surface area contributed by atoms with Crippen LogP contribution in [-0.2, 0) is 11.2 Å². The molecule has 1 N–H and O–H groups in total. The first-order chi connectivity index (χ1) is 13.7. The maximum Gasteiger partial charge on any atom is 0.255 e. The number of nitrogens with one attached hydrogen (secondary N) is 1. The van der Waals surface area contributed by atoms with E-state index in [4.69, 9.17) is 10.00 Å². The van der Waals surface area contributed by atoms with Gasteiger partial charge in [0.2, 0.25) is 0 Å². The van der Waals surface area contributed by atoms with E-state index < -0.39 is 0 Å². The van der Waals surface area contributed by atoms with Crippen molar-refractivity contribution in [3.8, 4) is 6.07 Å². The van der Waals surface area contributed by atoms with Gasteiger partial charge in [-0.2, -0.15) is 5.26 Å². The van der Waals surface area contributed by atoms with Crippen LogP contribution in [0.1, 0.15) is 21.7 Å². The van der Waals surface area contributed by atoms with Crippen molar-refractivity contribution >= 4 is 33.1 Å². The third kappa shape index (κ3) is 3.96. The molecule has 0 aliphatic carbocycles. The molecule has 1 amide bonds. The molecule has 1 saturated heterocycles. The molecule has 3 heterocycles. The highest BCUT2D eigenvalue weighted by molar-refractivity contribution is 7.17. The molecule has 0 saturated carbocycles. The van der Waals surface area contributed by atoms with Crippen molar-refractivity contribution in [3.63, 3.8) is 0 Å². The summed E-state index contributed by atoms with van der Waals surface area (Å²) >= 11 is 1.42. The Morgan fingerprint density at radius 2 is 2.07 bits per heavy atom. The van der Waals surface area contributed by atoms with Crippen LogP contribution in [0.2, 0.25) is 0 Å². The van der Waals surface area contributed by atoms with Crippen LogP contribution in [0, 0.1) is 11.3 Å². The largest absolute Gasteiger partial charge is 0.378 e. The molecule has 0 atom stereocenters. The van der Waals surface area contributed by atoms with Crippen LogP contribution in [0.3, 0.4) is 0 Å². The Kier molecular flexibility index (Phi) is 5.46. The average Bonchev–Trinajstić information content (AvgIpc) is 3.16. The SMILES string of the molecule is N#CCNC(=O)c1csc2cnc(Cc3ccc(N4CCOCC4)cc3)nc12. The summed E-state index contributed by atoms with van der Waals surface area (Å²) in [6.07, 6.45) is 2.35. The van der Waals surface area contributed by atoms with Crippen LogP contribution in [0.5, 0.6) is 0 Å². The van der Waals surface area contributed by atoms with Crippen molar-refractivity contribution in [2.24, 2.45) is 0 Å². The van der Waals surface area contributed by atoms with Crippen molar-refractivity contribution in [2.75, 3.05) is 37.7 Å². The Bertz CT molecular complexity index is 1020. The summed E-state index contributed by atoms with van der Waals surface area (Å²) in [5.74, 6) is 0.381. The number of thiophene rings is 1. The summed E-state index contributed by atoms with van der Waals surface area (Å²) in [7, 11) is 0. The monoisotopic (exact) mass is 393 g/mol. The number of ether oxygens (including phenoxy) is 1. The van der Waals surface area contributed by atoms with E-state index in [9.17, 15) is 4.79 Å². The number of fused-ring (bicyclic) bond motifs is 1. The zero-order chi connectivity index (χ0) is 19.3. The van der Waals surface area contributed by atoms with Gasteiger partial charge in [-0.1, -0.05) is 12.1 Å². The molecule has 3 aromatic rings. The van der Waals surface area contributed by atoms with Crippen LogP contribution in [-0.4, -0.2) is 48.7 Å². The summed E-state index contributed by atoms with van der Waals surface area (Å²) < 4.78 is 6.25. The minimum atomic E-state index is -0.285. The summed E-state index contributed by atoms with van der Waals surface area (Å²) in [4.78, 5) is 23.6. The Labute approximate surface area is 166 Å². The normalized spacial score (nSPS) is 14.0. The van der Waals surface area contributed by atoms with Gasteiger partial charge in [0.15, 0.2) is 0 Å². The molecule has 8 heteroatoms. The summed E-state index contributed by atoms with van der Waals surface area (Å²) in [5, 5.41) is 13.0. The number of nitriles is 1. The van der Waals surface area contributed by atoms with Gasteiger partial charge >= 0.3 is 0 Å². The quantitative estimate of drug-likeness (QED) is 0.669. The topological polar surface area (TPSA) is 91.1 Å². The average molecular weight is 393 g/mol. The highest BCUT2D eigenvalue weighted by Gasteiger charge is 2.15. The molecule has 0 unspecified atom stereocenters. The molecule has 1 fully saturated rings. The van der Waals surface area contributed by atoms with Crippen LogP contribution in [0.4, 0.5) is 5.69 Å². The molecule has 142 valence electrons. The van der Waals surface area contributed by atoms with Crippen molar-refractivity contribution in [2.45, 2.75) is 6.42 Å². The van der Waals surface area contributed by atoms with Gasteiger partial charge in [0.1, 0.15) is 12.4 Å². The fourth-order valence-corrected chi connectivity index (χ4v) is 4.00. The number of amides is 1. The molecule has 28 heavy (non-hydrogen) atoms. The molecule has 7 nitrogen and oxygen atoms in total. The number of aromatic nitrogens is 2. The highest BCUT2D eigenvalue weighted by atomic mass is 32.1. The third-order valence-corrected chi connectivity index (χ3v) is 5.52. The van der Waals surface area contributed by atoms with E-state index in [0.29, 0.717) is 23.3 Å². The van der Waals surface area contributed by atoms with Crippen molar-refractivity contribution in [1.82, 2.24) is 15.3 Å². The summed E-state index contributed by atoms with van der Waals surface area (Å²) in [6.45, 7) is 3.33. The number of anilines is 1. The molecule has 1 aromatic carbocycles. The molecule has 1 aliphatic heterocycles. The molecule has 0 bridgehead atoms. The third-order valence-electron chi connectivity index (χ3n) is 4.61. The van der Waals surface area contributed by atoms with Crippen LogP contribution in [0.15, 0.2) is 35.8 Å². The lowest BCUT2D eigenvalue weighted by Crippen LogP contribution is -2.36. The van der Waals surface area contributed by atoms with Crippen molar-refractivity contribution in [3.05, 3.63) is 52.8 Å². The van der Waals surface area contributed by atoms with E-state index in [1.165, 1.54) is 17.0 Å². The van der Waals surface area contributed by atoms with E-state index in [2.05, 4.69) is 44.5 Å². The number of hydrogen-bond donors (Lipinski definition) is 1. The number of benzene rings is 1. The van der Waals surface area contributed by atoms with Gasteiger partial charge in [-0.3, -0.25) is 4.79 Å². The number of hydrogen-bond acceptors (Lipinski definition) is 7. The molecular weight excluding hydrogens is 374 g/mol. The molecule has 1 aliphatic rings. The molecule has 0 spiro atoms. The maximum absolute atomic E-state index is 12.2. The Hall–Kier alpha value is -3.02. The number of rotatable bonds is 5. The summed E-state index contributed by atoms with van der Waals surface area (Å²) in [5.41, 5.74) is 3.43. The smallest absolute Gasteiger partial charge is 0.255 e. The molecule has 0 radical (unpaired) electrons. The standard InChI is InChI=1S/C20H19N5O2S/c21-5-6-22-20(26)16-13-28-17-12-23-18(24-19(16)17)11-14-1-3-15(4-2-14)25-7-9-27-10-8-25/h1-4,12-13H,6-11H2,(H,22,26). The lowest BCUT2D eigenvalue weighted by atomic mass is 10.1. The van der Waals surface area contributed by atoms with Crippen molar-refractivity contribution < 1.29 is 9.53 Å². The number of carbonyl (C=O) groups excluding carboxylic acids is 1. The summed E-state index contributed by atoms with van der Waals surface area (Å²) in [6, 6.07) is 10.3. The van der Waals surface area contributed by atoms with Gasteiger partial charge in [0, 0.05) is 36.8 Å². The number of nitrogens with zero attached hydrogens (tertiary/aromatic N) is 4. The van der Waals surface area contributed by atoms with E-state index in [-0.39, 0.29) is 12.5 Å². The van der Waals surface area contributed by atoms with Gasteiger partial charge in [0.25, 0.3) is 5.91 Å². The minimum Gasteiger partial charge on any atom is -0.378 e. The van der Waals surface area contributed by atoms with Crippen LogP contribution >= 0.6 is 11.3 Å². The van der Waals surface area contributed by atoms with Crippen LogP contribution in [0.25, 0.3) is 10.2 Å². The fraction of sp³-hybridized carbons (Fsp3) is 0.300. The van der Waals surface area contributed by atoms with Gasteiger partial charge in [-0.25, -0.2) is 9.97 Å². The Balaban J connectivity index is 1.51. The second kappa shape index (κ2) is 8.33. The van der Waals surface area contributed by atoms with E-state index in [1.54, 1.807) is 11.6 Å². The molecular formula is C20H19N5O2S. The molecule has 4 rings (SSSR count). The van der Waals surface area contributed by atoms with E-state index >= 15 is 0 Å². The van der Waals surface area contributed by atoms with Gasteiger partial charge in [0.05, 0.1) is 35.1 Å². The Morgan fingerprint density at radius 3 is 2.82 bits per heavy atom. The van der Waals surface area contributed by atoms with Gasteiger partial charge in [-0.15, -0.1) is 11.3 Å². The highest BCUT2D eigenvalue weighted by Crippen LogP contribution is 2.24. The minimum absolute atomic E-state index is 0.0242. The first-order valence-electron chi connectivity index (χ1n) is 9.04. The van der Waals surface area contributed by atoms with Crippen LogP contribution < -0.4 is 10.2 Å². The molecule has 2 aromatic heterocycles. The predicted molar refractivity (Wildman–Crippen MR) is 108 cm³/mol. The first-order valence-corrected chi connectivity index (χ1v) is 9.92. The Morgan fingerprint density at radius 1 is 1.29 bits per heavy atom. The van der Waals surface area contributed by atoms with Gasteiger partial charge in [-0.05, 0) is 17.7 Å². The first kappa shape index (κ1) is 18.3. The second-order valence-electron chi connectivity index (χ2n) is 6.43. The zero-order valence-corrected chi connectivity index (χ0v) is 16.0. The lowest BCUT2D eigenvalue weighted by Gasteiger charge is -2.28. The number of carbonyl (C=O) groups is 1. The zero-order valence-electron chi connectivity index (χ0n) is 15.2.